The summed E-state index contributed by atoms with van der Waals surface area (Å²) in [5.74, 6) is 0.347. The summed E-state index contributed by atoms with van der Waals surface area (Å²) in [6.45, 7) is 0.803. The third-order valence-corrected chi connectivity index (χ3v) is 4.01. The van der Waals surface area contributed by atoms with Crippen LogP contribution in [-0.4, -0.2) is 41.5 Å². The summed E-state index contributed by atoms with van der Waals surface area (Å²) in [7, 11) is 1.31. The van der Waals surface area contributed by atoms with Gasteiger partial charge < -0.3 is 14.5 Å². The van der Waals surface area contributed by atoms with Gasteiger partial charge in [-0.05, 0) is 19.3 Å². The second kappa shape index (κ2) is 7.44. The van der Waals surface area contributed by atoms with Gasteiger partial charge in [0.2, 0.25) is 0 Å². The number of aromatic nitrogens is 2. The average Bonchev–Trinajstić information content (AvgIpc) is 2.45. The number of hydrogen-bond acceptors (Lipinski definition) is 6. The lowest BCUT2D eigenvalue weighted by Gasteiger charge is -2.21. The van der Waals surface area contributed by atoms with E-state index < -0.39 is 5.97 Å². The van der Waals surface area contributed by atoms with Gasteiger partial charge in [0.05, 0.1) is 25.3 Å². The van der Waals surface area contributed by atoms with Crippen molar-refractivity contribution in [1.29, 1.82) is 0 Å². The Morgan fingerprint density at radius 1 is 1.60 bits per heavy atom. The van der Waals surface area contributed by atoms with Crippen molar-refractivity contribution in [1.82, 2.24) is 9.97 Å². The molecule has 0 aliphatic carbocycles. The van der Waals surface area contributed by atoms with Crippen LogP contribution in [0.15, 0.2) is 16.0 Å². The summed E-state index contributed by atoms with van der Waals surface area (Å²) in [5.41, 5.74) is 0.165. The maximum absolute atomic E-state index is 11.5. The van der Waals surface area contributed by atoms with Gasteiger partial charge in [0, 0.05) is 18.4 Å². The SMILES string of the molecule is COC(=O)Cc1cc(=O)[nH]c(SCC2CCCCO2)n1. The van der Waals surface area contributed by atoms with Crippen LogP contribution in [0.4, 0.5) is 0 Å². The summed E-state index contributed by atoms with van der Waals surface area (Å²) in [4.78, 5) is 29.7. The van der Waals surface area contributed by atoms with Crippen molar-refractivity contribution in [3.63, 3.8) is 0 Å². The van der Waals surface area contributed by atoms with Gasteiger partial charge in [0.15, 0.2) is 5.16 Å². The Balaban J connectivity index is 1.96. The number of carbonyl (C=O) groups is 1. The van der Waals surface area contributed by atoms with Gasteiger partial charge in [-0.1, -0.05) is 11.8 Å². The standard InChI is InChI=1S/C13H18N2O4S/c1-18-12(17)7-9-6-11(16)15-13(14-9)20-8-10-4-2-3-5-19-10/h6,10H,2-5,7-8H2,1H3,(H,14,15,16). The summed E-state index contributed by atoms with van der Waals surface area (Å²) in [6, 6.07) is 1.32. The molecule has 1 unspecified atom stereocenters. The molecular formula is C13H18N2O4S. The Bertz CT molecular complexity index is 511. The van der Waals surface area contributed by atoms with Crippen molar-refractivity contribution < 1.29 is 14.3 Å². The first-order valence-electron chi connectivity index (χ1n) is 6.59. The Labute approximate surface area is 121 Å². The molecule has 1 N–H and O–H groups in total. The van der Waals surface area contributed by atoms with Crippen LogP contribution in [0.3, 0.4) is 0 Å². The van der Waals surface area contributed by atoms with Crippen LogP contribution in [0.1, 0.15) is 25.0 Å². The summed E-state index contributed by atoms with van der Waals surface area (Å²) in [5, 5.41) is 0.519. The number of carbonyl (C=O) groups excluding carboxylic acids is 1. The summed E-state index contributed by atoms with van der Waals surface area (Å²) in [6.07, 6.45) is 3.55. The third-order valence-electron chi connectivity index (χ3n) is 3.01. The van der Waals surface area contributed by atoms with E-state index in [1.807, 2.05) is 0 Å². The first-order valence-corrected chi connectivity index (χ1v) is 7.57. The lowest BCUT2D eigenvalue weighted by molar-refractivity contribution is -0.139. The fourth-order valence-electron chi connectivity index (χ4n) is 1.97. The Kier molecular flexibility index (Phi) is 5.60. The largest absolute Gasteiger partial charge is 0.469 e. The smallest absolute Gasteiger partial charge is 0.311 e. The molecular weight excluding hydrogens is 280 g/mol. The van der Waals surface area contributed by atoms with Crippen molar-refractivity contribution in [3.05, 3.63) is 22.1 Å². The number of nitrogens with one attached hydrogen (secondary N) is 1. The zero-order chi connectivity index (χ0) is 14.4. The molecule has 20 heavy (non-hydrogen) atoms. The van der Waals surface area contributed by atoms with Gasteiger partial charge in [-0.25, -0.2) is 4.98 Å². The highest BCUT2D eigenvalue weighted by Gasteiger charge is 2.15. The average molecular weight is 298 g/mol. The molecule has 1 aliphatic rings. The topological polar surface area (TPSA) is 81.3 Å². The lowest BCUT2D eigenvalue weighted by Crippen LogP contribution is -2.22. The minimum Gasteiger partial charge on any atom is -0.469 e. The molecule has 0 bridgehead atoms. The van der Waals surface area contributed by atoms with Gasteiger partial charge in [0.25, 0.3) is 5.56 Å². The van der Waals surface area contributed by atoms with E-state index in [4.69, 9.17) is 4.74 Å². The fourth-order valence-corrected chi connectivity index (χ4v) is 2.93. The molecule has 0 aromatic carbocycles. The lowest BCUT2D eigenvalue weighted by atomic mass is 10.1. The molecule has 110 valence electrons. The Morgan fingerprint density at radius 3 is 3.15 bits per heavy atom. The van der Waals surface area contributed by atoms with Crippen LogP contribution in [0.25, 0.3) is 0 Å². The van der Waals surface area contributed by atoms with Gasteiger partial charge in [-0.2, -0.15) is 0 Å². The number of rotatable bonds is 5. The van der Waals surface area contributed by atoms with Crippen LogP contribution < -0.4 is 5.56 Å². The van der Waals surface area contributed by atoms with Crippen LogP contribution >= 0.6 is 11.8 Å². The van der Waals surface area contributed by atoms with Crippen molar-refractivity contribution in [2.24, 2.45) is 0 Å². The number of H-pyrrole nitrogens is 1. The van der Waals surface area contributed by atoms with Gasteiger partial charge in [-0.15, -0.1) is 0 Å². The normalized spacial score (nSPS) is 18.8. The minimum absolute atomic E-state index is 0.00785. The van der Waals surface area contributed by atoms with E-state index in [1.54, 1.807) is 0 Å². The number of aromatic amines is 1. The first-order chi connectivity index (χ1) is 9.67. The summed E-state index contributed by atoms with van der Waals surface area (Å²) >= 11 is 1.45. The van der Waals surface area contributed by atoms with E-state index in [0.717, 1.165) is 25.2 Å². The highest BCUT2D eigenvalue weighted by molar-refractivity contribution is 7.99. The van der Waals surface area contributed by atoms with Gasteiger partial charge in [-0.3, -0.25) is 9.59 Å². The van der Waals surface area contributed by atoms with E-state index >= 15 is 0 Å². The number of esters is 1. The zero-order valence-electron chi connectivity index (χ0n) is 11.4. The molecule has 1 fully saturated rings. The van der Waals surface area contributed by atoms with E-state index in [0.29, 0.717) is 10.9 Å². The molecule has 0 spiro atoms. The monoisotopic (exact) mass is 298 g/mol. The van der Waals surface area contributed by atoms with E-state index in [1.165, 1.54) is 31.4 Å². The highest BCUT2D eigenvalue weighted by atomic mass is 32.2. The second-order valence-corrected chi connectivity index (χ2v) is 5.60. The van der Waals surface area contributed by atoms with Gasteiger partial charge >= 0.3 is 5.97 Å². The number of thioether (sulfide) groups is 1. The Hall–Kier alpha value is -1.34. The van der Waals surface area contributed by atoms with Crippen LogP contribution in [0, 0.1) is 0 Å². The summed E-state index contributed by atoms with van der Waals surface area (Å²) < 4.78 is 10.2. The van der Waals surface area contributed by atoms with Crippen molar-refractivity contribution in [2.75, 3.05) is 19.5 Å². The molecule has 0 saturated carbocycles. The fraction of sp³-hybridized carbons (Fsp3) is 0.615. The predicted octanol–water partition coefficient (Wildman–Crippen LogP) is 1.15. The number of hydrogen-bond donors (Lipinski definition) is 1. The molecule has 1 aromatic heterocycles. The molecule has 2 heterocycles. The van der Waals surface area contributed by atoms with E-state index in [9.17, 15) is 9.59 Å². The number of nitrogens with zero attached hydrogens (tertiary/aromatic N) is 1. The molecule has 0 amide bonds. The minimum atomic E-state index is -0.408. The quantitative estimate of drug-likeness (QED) is 0.499. The molecule has 1 aliphatic heterocycles. The maximum atomic E-state index is 11.5. The van der Waals surface area contributed by atoms with Crippen LogP contribution in [0.2, 0.25) is 0 Å². The molecule has 2 rings (SSSR count). The van der Waals surface area contributed by atoms with Crippen LogP contribution in [0.5, 0.6) is 0 Å². The molecule has 6 nitrogen and oxygen atoms in total. The molecule has 7 heteroatoms. The van der Waals surface area contributed by atoms with Crippen molar-refractivity contribution in [3.8, 4) is 0 Å². The number of ether oxygens (including phenoxy) is 2. The molecule has 0 radical (unpaired) electrons. The third kappa shape index (κ3) is 4.64. The Morgan fingerprint density at radius 2 is 2.45 bits per heavy atom. The first kappa shape index (κ1) is 15.1. The van der Waals surface area contributed by atoms with E-state index in [2.05, 4.69) is 14.7 Å². The molecule has 1 saturated heterocycles. The van der Waals surface area contributed by atoms with Crippen molar-refractivity contribution >= 4 is 17.7 Å². The zero-order valence-corrected chi connectivity index (χ0v) is 12.2. The molecule has 1 aromatic rings. The maximum Gasteiger partial charge on any atom is 0.311 e. The van der Waals surface area contributed by atoms with Crippen LogP contribution in [-0.2, 0) is 20.7 Å². The molecule has 1 atom stereocenters. The number of methoxy groups -OCH3 is 1. The highest BCUT2D eigenvalue weighted by Crippen LogP contribution is 2.20. The van der Waals surface area contributed by atoms with Gasteiger partial charge in [0.1, 0.15) is 0 Å². The van der Waals surface area contributed by atoms with E-state index in [-0.39, 0.29) is 18.1 Å². The predicted molar refractivity (Wildman–Crippen MR) is 74.9 cm³/mol. The van der Waals surface area contributed by atoms with Crippen molar-refractivity contribution in [2.45, 2.75) is 36.9 Å². The second-order valence-electron chi connectivity index (χ2n) is 4.59.